The van der Waals surface area contributed by atoms with Crippen LogP contribution in [0.5, 0.6) is 0 Å². The summed E-state index contributed by atoms with van der Waals surface area (Å²) in [4.78, 5) is 6.77. The van der Waals surface area contributed by atoms with Crippen molar-refractivity contribution in [2.24, 2.45) is 10.9 Å². The highest BCUT2D eigenvalue weighted by molar-refractivity contribution is 5.79. The lowest BCUT2D eigenvalue weighted by Crippen LogP contribution is -2.47. The van der Waals surface area contributed by atoms with Crippen molar-refractivity contribution in [3.63, 3.8) is 0 Å². The van der Waals surface area contributed by atoms with Gasteiger partial charge in [0.15, 0.2) is 5.96 Å². The molecular weight excluding hydrogens is 252 g/mol. The van der Waals surface area contributed by atoms with E-state index in [1.807, 2.05) is 0 Å². The Balaban J connectivity index is 2.18. The fraction of sp³-hybridized carbons (Fsp3) is 0.933. The third-order valence-corrected chi connectivity index (χ3v) is 4.05. The van der Waals surface area contributed by atoms with E-state index in [1.54, 1.807) is 14.2 Å². The molecule has 1 saturated heterocycles. The summed E-state index contributed by atoms with van der Waals surface area (Å²) in [5.41, 5.74) is -0.180. The van der Waals surface area contributed by atoms with Crippen LogP contribution in [0.1, 0.15) is 33.6 Å². The minimum atomic E-state index is -0.180. The van der Waals surface area contributed by atoms with E-state index in [1.165, 1.54) is 25.9 Å². The number of guanidine groups is 1. The summed E-state index contributed by atoms with van der Waals surface area (Å²) in [6.45, 7) is 11.7. The number of nitrogens with one attached hydrogen (secondary N) is 2. The third kappa shape index (κ3) is 6.57. The second-order valence-electron chi connectivity index (χ2n) is 6.34. The Kier molecular flexibility index (Phi) is 7.30. The summed E-state index contributed by atoms with van der Waals surface area (Å²) in [5.74, 6) is 1.74. The summed E-state index contributed by atoms with van der Waals surface area (Å²) >= 11 is 0. The van der Waals surface area contributed by atoms with Gasteiger partial charge in [-0.15, -0.1) is 0 Å². The fourth-order valence-electron chi connectivity index (χ4n) is 2.21. The first-order chi connectivity index (χ1) is 9.46. The first-order valence-electron chi connectivity index (χ1n) is 7.69. The second-order valence-corrected chi connectivity index (χ2v) is 6.34. The number of methoxy groups -OCH3 is 1. The van der Waals surface area contributed by atoms with Gasteiger partial charge in [-0.3, -0.25) is 4.99 Å². The highest BCUT2D eigenvalue weighted by atomic mass is 16.5. The minimum absolute atomic E-state index is 0.180. The molecule has 0 saturated carbocycles. The first-order valence-corrected chi connectivity index (χ1v) is 7.69. The van der Waals surface area contributed by atoms with Crippen molar-refractivity contribution in [1.29, 1.82) is 0 Å². The van der Waals surface area contributed by atoms with E-state index < -0.39 is 0 Å². The highest BCUT2D eigenvalue weighted by Crippen LogP contribution is 2.15. The predicted molar refractivity (Wildman–Crippen MR) is 85.3 cm³/mol. The van der Waals surface area contributed by atoms with E-state index in [2.05, 4.69) is 41.3 Å². The van der Waals surface area contributed by atoms with Gasteiger partial charge in [0.25, 0.3) is 0 Å². The van der Waals surface area contributed by atoms with E-state index in [0.29, 0.717) is 0 Å². The van der Waals surface area contributed by atoms with Crippen LogP contribution in [0.25, 0.3) is 0 Å². The number of likely N-dealkylation sites (tertiary alicyclic amines) is 1. The fourth-order valence-corrected chi connectivity index (χ4v) is 2.21. The van der Waals surface area contributed by atoms with Crippen LogP contribution >= 0.6 is 0 Å². The maximum absolute atomic E-state index is 5.39. The smallest absolute Gasteiger partial charge is 0.191 e. The molecule has 1 heterocycles. The van der Waals surface area contributed by atoms with E-state index >= 15 is 0 Å². The molecule has 0 aliphatic carbocycles. The number of hydrogen-bond donors (Lipinski definition) is 2. The summed E-state index contributed by atoms with van der Waals surface area (Å²) in [7, 11) is 3.53. The van der Waals surface area contributed by atoms with Gasteiger partial charge in [-0.25, -0.2) is 0 Å². The molecule has 0 aromatic heterocycles. The van der Waals surface area contributed by atoms with Crippen LogP contribution in [0.3, 0.4) is 0 Å². The third-order valence-electron chi connectivity index (χ3n) is 4.05. The van der Waals surface area contributed by atoms with Gasteiger partial charge in [-0.2, -0.15) is 0 Å². The highest BCUT2D eigenvalue weighted by Gasteiger charge is 2.17. The molecule has 0 unspecified atom stereocenters. The van der Waals surface area contributed by atoms with Gasteiger partial charge in [-0.05, 0) is 45.7 Å². The lowest BCUT2D eigenvalue weighted by molar-refractivity contribution is 0.0268. The zero-order valence-electron chi connectivity index (χ0n) is 13.8. The molecule has 0 spiro atoms. The molecule has 5 nitrogen and oxygen atoms in total. The zero-order chi connectivity index (χ0) is 15.0. The van der Waals surface area contributed by atoms with Gasteiger partial charge in [0.2, 0.25) is 0 Å². The van der Waals surface area contributed by atoms with Gasteiger partial charge >= 0.3 is 0 Å². The normalized spacial score (nSPS) is 19.1. The molecule has 0 amide bonds. The van der Waals surface area contributed by atoms with Crippen LogP contribution in [-0.2, 0) is 4.74 Å². The maximum Gasteiger partial charge on any atom is 0.191 e. The van der Waals surface area contributed by atoms with Crippen molar-refractivity contribution < 1.29 is 4.74 Å². The van der Waals surface area contributed by atoms with E-state index in [9.17, 15) is 0 Å². The topological polar surface area (TPSA) is 48.9 Å². The lowest BCUT2D eigenvalue weighted by Gasteiger charge is -2.30. The first kappa shape index (κ1) is 17.2. The Labute approximate surface area is 124 Å². The van der Waals surface area contributed by atoms with Crippen LogP contribution in [0.15, 0.2) is 4.99 Å². The van der Waals surface area contributed by atoms with Crippen molar-refractivity contribution >= 4 is 5.96 Å². The van der Waals surface area contributed by atoms with Crippen LogP contribution in [0.4, 0.5) is 0 Å². The van der Waals surface area contributed by atoms with Crippen LogP contribution in [0.2, 0.25) is 0 Å². The largest absolute Gasteiger partial charge is 0.377 e. The zero-order valence-corrected chi connectivity index (χ0v) is 13.8. The molecular formula is C15H32N4O. The Hall–Kier alpha value is -0.810. The molecule has 1 aliphatic heterocycles. The van der Waals surface area contributed by atoms with Crippen LogP contribution < -0.4 is 10.6 Å². The monoisotopic (exact) mass is 284 g/mol. The molecule has 2 N–H and O–H groups in total. The van der Waals surface area contributed by atoms with Crippen molar-refractivity contribution in [2.75, 3.05) is 46.9 Å². The maximum atomic E-state index is 5.39. The number of piperidine rings is 1. The van der Waals surface area contributed by atoms with Crippen molar-refractivity contribution in [3.05, 3.63) is 0 Å². The number of ether oxygens (including phenoxy) is 1. The van der Waals surface area contributed by atoms with E-state index in [0.717, 1.165) is 31.5 Å². The quantitative estimate of drug-likeness (QED) is 0.570. The molecule has 1 fully saturated rings. The van der Waals surface area contributed by atoms with Gasteiger partial charge < -0.3 is 20.3 Å². The van der Waals surface area contributed by atoms with Gasteiger partial charge in [0.1, 0.15) is 0 Å². The van der Waals surface area contributed by atoms with Crippen molar-refractivity contribution in [2.45, 2.75) is 39.2 Å². The van der Waals surface area contributed by atoms with Crippen molar-refractivity contribution in [3.8, 4) is 0 Å². The molecule has 0 radical (unpaired) electrons. The second kappa shape index (κ2) is 8.47. The number of hydrogen-bond acceptors (Lipinski definition) is 3. The molecule has 0 aromatic carbocycles. The Morgan fingerprint density at radius 2 is 1.95 bits per heavy atom. The molecule has 0 bridgehead atoms. The molecule has 118 valence electrons. The number of aliphatic imine (C=N–C) groups is 1. The summed E-state index contributed by atoms with van der Waals surface area (Å²) < 4.78 is 5.39. The average Bonchev–Trinajstić information content (AvgIpc) is 2.44. The average molecular weight is 284 g/mol. The molecule has 20 heavy (non-hydrogen) atoms. The molecule has 1 aliphatic rings. The van der Waals surface area contributed by atoms with Gasteiger partial charge in [0, 0.05) is 33.8 Å². The van der Waals surface area contributed by atoms with Crippen LogP contribution in [-0.4, -0.2) is 63.3 Å². The number of rotatable bonds is 6. The van der Waals surface area contributed by atoms with Gasteiger partial charge in [0.05, 0.1) is 5.60 Å². The summed E-state index contributed by atoms with van der Waals surface area (Å²) in [6, 6.07) is 0. The lowest BCUT2D eigenvalue weighted by atomic mass is 9.99. The molecule has 1 rings (SSSR count). The summed E-state index contributed by atoms with van der Waals surface area (Å²) in [5, 5.41) is 6.67. The standard InChI is InChI=1S/C15H32N4O/c1-13-6-9-19(10-7-13)11-8-17-14(16-4)18-12-15(2,3)20-5/h13H,6-12H2,1-5H3,(H2,16,17,18). The Morgan fingerprint density at radius 3 is 2.50 bits per heavy atom. The Bertz CT molecular complexity index is 296. The Morgan fingerprint density at radius 1 is 1.30 bits per heavy atom. The minimum Gasteiger partial charge on any atom is -0.377 e. The van der Waals surface area contributed by atoms with Crippen LogP contribution in [0, 0.1) is 5.92 Å². The van der Waals surface area contributed by atoms with E-state index in [-0.39, 0.29) is 5.60 Å². The van der Waals surface area contributed by atoms with E-state index in [4.69, 9.17) is 4.74 Å². The predicted octanol–water partition coefficient (Wildman–Crippen LogP) is 1.31. The van der Waals surface area contributed by atoms with Gasteiger partial charge in [-0.1, -0.05) is 6.92 Å². The molecule has 5 heteroatoms. The number of nitrogens with zero attached hydrogens (tertiary/aromatic N) is 2. The molecule has 0 atom stereocenters. The van der Waals surface area contributed by atoms with Crippen molar-refractivity contribution in [1.82, 2.24) is 15.5 Å². The molecule has 0 aromatic rings. The SMILES string of the molecule is CN=C(NCCN1CCC(C)CC1)NCC(C)(C)OC. The summed E-state index contributed by atoms with van der Waals surface area (Å²) in [6.07, 6.45) is 2.66.